The number of rotatable bonds is 16. The van der Waals surface area contributed by atoms with Crippen LogP contribution in [0.1, 0.15) is 95.6 Å². The van der Waals surface area contributed by atoms with E-state index >= 15 is 0 Å². The number of nitrogens with zero attached hydrogens (tertiary/aromatic N) is 1. The van der Waals surface area contributed by atoms with Gasteiger partial charge in [0.1, 0.15) is 0 Å². The van der Waals surface area contributed by atoms with E-state index in [4.69, 9.17) is 0 Å². The van der Waals surface area contributed by atoms with Crippen molar-refractivity contribution in [3.8, 4) is 11.1 Å². The van der Waals surface area contributed by atoms with E-state index in [2.05, 4.69) is 221 Å². The molecule has 0 saturated carbocycles. The number of benzene rings is 10. The van der Waals surface area contributed by atoms with Crippen molar-refractivity contribution in [2.24, 2.45) is 0 Å². The Kier molecular flexibility index (Phi) is 13.3. The first-order valence-electron chi connectivity index (χ1n) is 25.4. The maximum absolute atomic E-state index is 14.6. The minimum atomic E-state index is -0.574. The molecule has 360 valence electrons. The summed E-state index contributed by atoms with van der Waals surface area (Å²) < 4.78 is 0. The highest BCUT2D eigenvalue weighted by Gasteiger charge is 2.34. The summed E-state index contributed by atoms with van der Waals surface area (Å²) in [6.07, 6.45) is 0. The molecule has 0 saturated heterocycles. The lowest BCUT2D eigenvalue weighted by atomic mass is 9.74. The summed E-state index contributed by atoms with van der Waals surface area (Å²) in [5.74, 6) is 0.0210. The molecule has 0 spiro atoms. The number of Topliss-reactive ketones (excluding diaryl/α,β-unsaturated/α-hetero) is 2. The number of carbonyl (C=O) groups is 2. The SMILES string of the molecule is CC(=O)c1ccc(-c2cc(C(C)(CN(c3ccc(C(C)(C)c4ccccc4)cc3)c3ccc(C(C)(C)c4ccccc4)cc3)c3ccccc3)ccc2NCC(=O)c2c3ccccc3cc3ccccc23)cc1. The highest BCUT2D eigenvalue weighted by atomic mass is 16.1. The smallest absolute Gasteiger partial charge is 0.183 e. The second kappa shape index (κ2) is 20.0. The van der Waals surface area contributed by atoms with Gasteiger partial charge in [-0.25, -0.2) is 0 Å². The maximum atomic E-state index is 14.6. The third-order valence-electron chi connectivity index (χ3n) is 15.4. The van der Waals surface area contributed by atoms with Crippen molar-refractivity contribution in [1.29, 1.82) is 0 Å². The van der Waals surface area contributed by atoms with E-state index in [1.54, 1.807) is 6.92 Å². The average molecular weight is 951 g/mol. The molecule has 1 unspecified atom stereocenters. The van der Waals surface area contributed by atoms with Crippen molar-refractivity contribution >= 4 is 50.2 Å². The van der Waals surface area contributed by atoms with Crippen molar-refractivity contribution in [2.45, 2.75) is 57.8 Å². The first-order chi connectivity index (χ1) is 35.3. The highest BCUT2D eigenvalue weighted by Crippen LogP contribution is 2.43. The van der Waals surface area contributed by atoms with Crippen LogP contribution >= 0.6 is 0 Å². The Morgan fingerprint density at radius 2 is 0.863 bits per heavy atom. The van der Waals surface area contributed by atoms with Gasteiger partial charge >= 0.3 is 0 Å². The van der Waals surface area contributed by atoms with Crippen molar-refractivity contribution in [1.82, 2.24) is 0 Å². The van der Waals surface area contributed by atoms with Crippen LogP contribution in [0.15, 0.2) is 237 Å². The van der Waals surface area contributed by atoms with Gasteiger partial charge in [0, 0.05) is 56.5 Å². The van der Waals surface area contributed by atoms with Gasteiger partial charge in [0.05, 0.1) is 6.54 Å². The van der Waals surface area contributed by atoms with Gasteiger partial charge in [0.2, 0.25) is 0 Å². The molecule has 1 N–H and O–H groups in total. The van der Waals surface area contributed by atoms with Crippen LogP contribution in [0, 0.1) is 0 Å². The van der Waals surface area contributed by atoms with Crippen LogP contribution in [0.5, 0.6) is 0 Å². The molecule has 0 bridgehead atoms. The van der Waals surface area contributed by atoms with E-state index < -0.39 is 5.41 Å². The van der Waals surface area contributed by atoms with E-state index in [0.29, 0.717) is 12.1 Å². The van der Waals surface area contributed by atoms with Gasteiger partial charge in [-0.15, -0.1) is 0 Å². The van der Waals surface area contributed by atoms with Crippen LogP contribution in [-0.4, -0.2) is 24.7 Å². The molecule has 4 heteroatoms. The third-order valence-corrected chi connectivity index (χ3v) is 15.4. The van der Waals surface area contributed by atoms with Gasteiger partial charge in [0.25, 0.3) is 0 Å². The molecule has 10 aromatic carbocycles. The zero-order valence-electron chi connectivity index (χ0n) is 42.7. The predicted molar refractivity (Wildman–Crippen MR) is 306 cm³/mol. The van der Waals surface area contributed by atoms with Crippen molar-refractivity contribution < 1.29 is 9.59 Å². The zero-order valence-corrected chi connectivity index (χ0v) is 42.7. The maximum Gasteiger partial charge on any atom is 0.183 e. The van der Waals surface area contributed by atoms with Gasteiger partial charge < -0.3 is 10.2 Å². The molecule has 0 radical (unpaired) electrons. The molecule has 10 aromatic rings. The van der Waals surface area contributed by atoms with Crippen LogP contribution in [-0.2, 0) is 16.2 Å². The third kappa shape index (κ3) is 9.61. The number of ketones is 2. The fourth-order valence-electron chi connectivity index (χ4n) is 10.7. The Labute approximate surface area is 431 Å². The molecule has 0 aliphatic carbocycles. The van der Waals surface area contributed by atoms with E-state index in [1.165, 1.54) is 27.8 Å². The molecule has 0 aliphatic heterocycles. The minimum Gasteiger partial charge on any atom is -0.377 e. The molecule has 10 rings (SSSR count). The Morgan fingerprint density at radius 3 is 1.34 bits per heavy atom. The molecular formula is C69H62N2O2. The number of nitrogens with one attached hydrogen (secondary N) is 1. The first-order valence-corrected chi connectivity index (χ1v) is 25.4. The number of carbonyl (C=O) groups excluding carboxylic acids is 2. The second-order valence-electron chi connectivity index (χ2n) is 20.7. The number of hydrogen-bond donors (Lipinski definition) is 1. The number of fused-ring (bicyclic) bond motifs is 2. The van der Waals surface area contributed by atoms with E-state index in [0.717, 1.165) is 60.9 Å². The zero-order chi connectivity index (χ0) is 50.7. The fourth-order valence-corrected chi connectivity index (χ4v) is 10.7. The molecule has 0 aromatic heterocycles. The van der Waals surface area contributed by atoms with Gasteiger partial charge in [-0.1, -0.05) is 222 Å². The summed E-state index contributed by atoms with van der Waals surface area (Å²) in [7, 11) is 0. The summed E-state index contributed by atoms with van der Waals surface area (Å²) in [5, 5.41) is 7.57. The Bertz CT molecular complexity index is 3420. The molecule has 4 nitrogen and oxygen atoms in total. The first kappa shape index (κ1) is 48.3. The molecule has 0 aliphatic rings. The van der Waals surface area contributed by atoms with Crippen molar-refractivity contribution in [3.05, 3.63) is 281 Å². The largest absolute Gasteiger partial charge is 0.377 e. The van der Waals surface area contributed by atoms with E-state index in [-0.39, 0.29) is 28.9 Å². The molecule has 0 fully saturated rings. The topological polar surface area (TPSA) is 49.4 Å². The molecular weight excluding hydrogens is 889 g/mol. The van der Waals surface area contributed by atoms with Crippen molar-refractivity contribution in [3.63, 3.8) is 0 Å². The van der Waals surface area contributed by atoms with Crippen LogP contribution < -0.4 is 10.2 Å². The van der Waals surface area contributed by atoms with Gasteiger partial charge in [0.15, 0.2) is 11.6 Å². The minimum absolute atomic E-state index is 0.0102. The highest BCUT2D eigenvalue weighted by molar-refractivity contribution is 6.20. The lowest BCUT2D eigenvalue weighted by Gasteiger charge is -2.39. The molecule has 73 heavy (non-hydrogen) atoms. The van der Waals surface area contributed by atoms with Crippen LogP contribution in [0.2, 0.25) is 0 Å². The average Bonchev–Trinajstić information content (AvgIpc) is 3.44. The summed E-state index contributed by atoms with van der Waals surface area (Å²) >= 11 is 0. The number of anilines is 3. The lowest BCUT2D eigenvalue weighted by molar-refractivity contribution is 0.100. The number of hydrogen-bond acceptors (Lipinski definition) is 4. The Balaban J connectivity index is 1.08. The molecule has 1 atom stereocenters. The Morgan fingerprint density at radius 1 is 0.438 bits per heavy atom. The summed E-state index contributed by atoms with van der Waals surface area (Å²) in [5.41, 5.74) is 12.6. The monoisotopic (exact) mass is 950 g/mol. The fraction of sp³-hybridized carbons (Fsp3) is 0.159. The van der Waals surface area contributed by atoms with Gasteiger partial charge in [-0.2, -0.15) is 0 Å². The van der Waals surface area contributed by atoms with Crippen molar-refractivity contribution in [2.75, 3.05) is 23.3 Å². The van der Waals surface area contributed by atoms with Crippen LogP contribution in [0.25, 0.3) is 32.7 Å². The van der Waals surface area contributed by atoms with Gasteiger partial charge in [-0.3, -0.25) is 9.59 Å². The summed E-state index contributed by atoms with van der Waals surface area (Å²) in [6.45, 7) is 13.8. The van der Waals surface area contributed by atoms with Gasteiger partial charge in [-0.05, 0) is 117 Å². The summed E-state index contributed by atoms with van der Waals surface area (Å²) in [6, 6.07) is 83.3. The lowest BCUT2D eigenvalue weighted by Crippen LogP contribution is -2.38. The van der Waals surface area contributed by atoms with Crippen LogP contribution in [0.4, 0.5) is 17.1 Å². The second-order valence-corrected chi connectivity index (χ2v) is 20.7. The quantitative estimate of drug-likeness (QED) is 0.0774. The molecule has 0 heterocycles. The van der Waals surface area contributed by atoms with Crippen LogP contribution in [0.3, 0.4) is 0 Å². The predicted octanol–water partition coefficient (Wildman–Crippen LogP) is 17.0. The normalized spacial score (nSPS) is 12.6. The Hall–Kier alpha value is -8.34. The summed E-state index contributed by atoms with van der Waals surface area (Å²) in [4.78, 5) is 29.6. The standard InChI is InChI=1S/C69H62N2O2/c1-48(72)49-30-32-50(33-31-49)63-45-58(38-43-64(63)70-46-65(73)66-61-28-18-16-20-51(61)44-52-21-17-19-29-62(52)66)69(6,57-26-14-9-15-27-57)47-71(59-39-34-55(35-40-59)67(2,3)53-22-10-7-11-23-53)60-41-36-56(37-42-60)68(4,5)54-24-12-8-13-25-54/h7-45,70H,46-47H2,1-6H3. The molecule has 0 amide bonds. The van der Waals surface area contributed by atoms with E-state index in [9.17, 15) is 9.59 Å². The van der Waals surface area contributed by atoms with E-state index in [1.807, 2.05) is 60.7 Å².